The van der Waals surface area contributed by atoms with E-state index in [1.54, 1.807) is 9.80 Å². The highest BCUT2D eigenvalue weighted by atomic mass is 16.2. The topological polar surface area (TPSA) is 64.2 Å². The van der Waals surface area contributed by atoms with Crippen LogP contribution in [0.5, 0.6) is 0 Å². The van der Waals surface area contributed by atoms with Gasteiger partial charge in [0, 0.05) is 32.7 Å². The van der Waals surface area contributed by atoms with E-state index in [-0.39, 0.29) is 11.9 Å². The van der Waals surface area contributed by atoms with Crippen LogP contribution in [0.2, 0.25) is 0 Å². The quantitative estimate of drug-likeness (QED) is 0.638. The third-order valence-corrected chi connectivity index (χ3v) is 6.37. The molecule has 2 aliphatic rings. The van der Waals surface area contributed by atoms with Gasteiger partial charge in [-0.25, -0.2) is 0 Å². The molecule has 3 rings (SSSR count). The van der Waals surface area contributed by atoms with Gasteiger partial charge in [-0.1, -0.05) is 43.7 Å². The van der Waals surface area contributed by atoms with E-state index in [1.807, 2.05) is 37.4 Å². The molecule has 1 unspecified atom stereocenters. The molecule has 2 saturated heterocycles. The van der Waals surface area contributed by atoms with E-state index in [9.17, 15) is 14.4 Å². The Bertz CT molecular complexity index is 746. The third-order valence-electron chi connectivity index (χ3n) is 6.37. The van der Waals surface area contributed by atoms with Crippen LogP contribution in [0.3, 0.4) is 0 Å². The second kappa shape index (κ2) is 10.1. The van der Waals surface area contributed by atoms with Crippen molar-refractivity contribution in [1.29, 1.82) is 0 Å². The number of likely N-dealkylation sites (tertiary alicyclic amines) is 1. The van der Waals surface area contributed by atoms with Gasteiger partial charge in [0.25, 0.3) is 0 Å². The summed E-state index contributed by atoms with van der Waals surface area (Å²) in [5.74, 6) is -1.18. The van der Waals surface area contributed by atoms with Crippen LogP contribution >= 0.6 is 0 Å². The van der Waals surface area contributed by atoms with Gasteiger partial charge in [0.2, 0.25) is 5.91 Å². The van der Waals surface area contributed by atoms with Gasteiger partial charge in [-0.3, -0.25) is 14.4 Å². The summed E-state index contributed by atoms with van der Waals surface area (Å²) >= 11 is 0. The maximum Gasteiger partial charge on any atom is 0.313 e. The van der Waals surface area contributed by atoms with Crippen LogP contribution in [0.25, 0.3) is 0 Å². The lowest BCUT2D eigenvalue weighted by atomic mass is 9.99. The zero-order valence-corrected chi connectivity index (χ0v) is 18.4. The summed E-state index contributed by atoms with van der Waals surface area (Å²) in [5, 5.41) is 0. The first-order valence-corrected chi connectivity index (χ1v) is 11.0. The summed E-state index contributed by atoms with van der Waals surface area (Å²) in [5.41, 5.74) is 0.755. The zero-order valence-electron chi connectivity index (χ0n) is 18.4. The van der Waals surface area contributed by atoms with Crippen molar-refractivity contribution in [3.63, 3.8) is 0 Å². The molecule has 7 heteroatoms. The number of amides is 3. The minimum Gasteiger partial charge on any atom is -0.341 e. The molecule has 30 heavy (non-hydrogen) atoms. The monoisotopic (exact) mass is 414 g/mol. The number of piperazine rings is 1. The molecule has 0 radical (unpaired) electrons. The molecule has 1 aromatic carbocycles. The molecular formula is C23H34N4O3. The number of piperidine rings is 1. The SMILES string of the molecule is CCCCN1CCN(C(C(=O)N(C)C2CCN(C)CC2)c2ccccc2)C(=O)C1=O. The van der Waals surface area contributed by atoms with E-state index in [0.717, 1.165) is 44.3 Å². The molecule has 0 saturated carbocycles. The number of nitrogens with zero attached hydrogens (tertiary/aromatic N) is 4. The highest BCUT2D eigenvalue weighted by Gasteiger charge is 2.41. The summed E-state index contributed by atoms with van der Waals surface area (Å²) < 4.78 is 0. The Morgan fingerprint density at radius 1 is 1.07 bits per heavy atom. The van der Waals surface area contributed by atoms with Crippen LogP contribution in [0.15, 0.2) is 30.3 Å². The number of likely N-dealkylation sites (N-methyl/N-ethyl adjacent to an activating group) is 1. The molecule has 3 amide bonds. The summed E-state index contributed by atoms with van der Waals surface area (Å²) in [6.07, 6.45) is 3.67. The van der Waals surface area contributed by atoms with Crippen molar-refractivity contribution in [2.24, 2.45) is 0 Å². The minimum absolute atomic E-state index is 0.112. The van der Waals surface area contributed by atoms with Crippen molar-refractivity contribution in [2.75, 3.05) is 46.8 Å². The van der Waals surface area contributed by atoms with Crippen molar-refractivity contribution in [1.82, 2.24) is 19.6 Å². The Kier molecular flexibility index (Phi) is 7.48. The standard InChI is InChI=1S/C23H34N4O3/c1-4-5-13-26-16-17-27(23(30)22(26)29)20(18-9-7-6-8-10-18)21(28)25(3)19-11-14-24(2)15-12-19/h6-10,19-20H,4-5,11-17H2,1-3H3. The molecule has 2 heterocycles. The molecule has 0 aliphatic carbocycles. The van der Waals surface area contributed by atoms with Crippen LogP contribution in [0.1, 0.15) is 44.2 Å². The minimum atomic E-state index is -0.763. The van der Waals surface area contributed by atoms with Crippen molar-refractivity contribution >= 4 is 17.7 Å². The number of hydrogen-bond acceptors (Lipinski definition) is 4. The maximum absolute atomic E-state index is 13.6. The van der Waals surface area contributed by atoms with E-state index in [2.05, 4.69) is 18.9 Å². The highest BCUT2D eigenvalue weighted by molar-refractivity contribution is 6.35. The van der Waals surface area contributed by atoms with Crippen molar-refractivity contribution in [3.05, 3.63) is 35.9 Å². The van der Waals surface area contributed by atoms with Crippen molar-refractivity contribution in [2.45, 2.75) is 44.7 Å². The predicted octanol–water partition coefficient (Wildman–Crippen LogP) is 1.75. The third kappa shape index (κ3) is 4.83. The fourth-order valence-corrected chi connectivity index (χ4v) is 4.34. The van der Waals surface area contributed by atoms with Crippen LogP contribution in [0.4, 0.5) is 0 Å². The van der Waals surface area contributed by atoms with Gasteiger partial charge in [0.15, 0.2) is 0 Å². The lowest BCUT2D eigenvalue weighted by Crippen LogP contribution is -2.58. The Labute approximate surface area is 179 Å². The van der Waals surface area contributed by atoms with E-state index in [0.29, 0.717) is 19.6 Å². The lowest BCUT2D eigenvalue weighted by Gasteiger charge is -2.41. The predicted molar refractivity (Wildman–Crippen MR) is 116 cm³/mol. The molecule has 0 aromatic heterocycles. The van der Waals surface area contributed by atoms with E-state index < -0.39 is 17.9 Å². The van der Waals surface area contributed by atoms with E-state index in [4.69, 9.17) is 0 Å². The molecule has 1 atom stereocenters. The summed E-state index contributed by atoms with van der Waals surface area (Å²) in [6.45, 7) is 5.40. The summed E-state index contributed by atoms with van der Waals surface area (Å²) in [6, 6.07) is 8.75. The van der Waals surface area contributed by atoms with Gasteiger partial charge in [0.1, 0.15) is 6.04 Å². The van der Waals surface area contributed by atoms with E-state index >= 15 is 0 Å². The van der Waals surface area contributed by atoms with Gasteiger partial charge in [-0.2, -0.15) is 0 Å². The number of benzene rings is 1. The fourth-order valence-electron chi connectivity index (χ4n) is 4.34. The van der Waals surface area contributed by atoms with Crippen molar-refractivity contribution < 1.29 is 14.4 Å². The number of carbonyl (C=O) groups is 3. The van der Waals surface area contributed by atoms with Crippen LogP contribution < -0.4 is 0 Å². The Hall–Kier alpha value is -2.41. The number of carbonyl (C=O) groups excluding carboxylic acids is 3. The smallest absolute Gasteiger partial charge is 0.313 e. The highest BCUT2D eigenvalue weighted by Crippen LogP contribution is 2.27. The average Bonchev–Trinajstić information content (AvgIpc) is 2.77. The molecule has 0 bridgehead atoms. The molecular weight excluding hydrogens is 380 g/mol. The van der Waals surface area contributed by atoms with Gasteiger partial charge >= 0.3 is 11.8 Å². The number of unbranched alkanes of at least 4 members (excludes halogenated alkanes) is 1. The zero-order chi connectivity index (χ0) is 21.7. The number of rotatable bonds is 7. The summed E-state index contributed by atoms with van der Waals surface area (Å²) in [7, 11) is 3.92. The molecule has 2 aliphatic heterocycles. The van der Waals surface area contributed by atoms with Gasteiger partial charge < -0.3 is 19.6 Å². The fraction of sp³-hybridized carbons (Fsp3) is 0.609. The first-order chi connectivity index (χ1) is 14.4. The van der Waals surface area contributed by atoms with Crippen LogP contribution in [-0.4, -0.2) is 90.2 Å². The first kappa shape index (κ1) is 22.3. The van der Waals surface area contributed by atoms with Gasteiger partial charge in [-0.05, 0) is 45.0 Å². The number of hydrogen-bond donors (Lipinski definition) is 0. The molecule has 0 spiro atoms. The maximum atomic E-state index is 13.6. The second-order valence-corrected chi connectivity index (χ2v) is 8.44. The average molecular weight is 415 g/mol. The molecule has 2 fully saturated rings. The van der Waals surface area contributed by atoms with Crippen LogP contribution in [0, 0.1) is 0 Å². The first-order valence-electron chi connectivity index (χ1n) is 11.0. The van der Waals surface area contributed by atoms with Crippen LogP contribution in [-0.2, 0) is 14.4 Å². The molecule has 0 N–H and O–H groups in total. The molecule has 7 nitrogen and oxygen atoms in total. The largest absolute Gasteiger partial charge is 0.341 e. The molecule has 1 aromatic rings. The van der Waals surface area contributed by atoms with E-state index in [1.165, 1.54) is 4.90 Å². The Balaban J connectivity index is 1.82. The lowest BCUT2D eigenvalue weighted by molar-refractivity contribution is -0.161. The van der Waals surface area contributed by atoms with Crippen molar-refractivity contribution in [3.8, 4) is 0 Å². The van der Waals surface area contributed by atoms with Gasteiger partial charge in [-0.15, -0.1) is 0 Å². The molecule has 164 valence electrons. The second-order valence-electron chi connectivity index (χ2n) is 8.44. The summed E-state index contributed by atoms with van der Waals surface area (Å²) in [4.78, 5) is 46.5. The normalized spacial score (nSPS) is 19.8. The van der Waals surface area contributed by atoms with Gasteiger partial charge in [0.05, 0.1) is 0 Å². The Morgan fingerprint density at radius 2 is 1.73 bits per heavy atom. The Morgan fingerprint density at radius 3 is 2.37 bits per heavy atom.